The van der Waals surface area contributed by atoms with Crippen molar-refractivity contribution in [3.8, 4) is 0 Å². The molecule has 0 aliphatic carbocycles. The lowest BCUT2D eigenvalue weighted by Crippen LogP contribution is -2.36. The first-order valence-electron chi connectivity index (χ1n) is 11.6. The topological polar surface area (TPSA) is 58.1 Å². The van der Waals surface area contributed by atoms with Crippen LogP contribution >= 0.6 is 0 Å². The number of nitrogens with zero attached hydrogens (tertiary/aromatic N) is 3. The van der Waals surface area contributed by atoms with Gasteiger partial charge in [-0.1, -0.05) is 30.3 Å². The Kier molecular flexibility index (Phi) is 7.45. The molecule has 0 saturated carbocycles. The van der Waals surface area contributed by atoms with Crippen LogP contribution in [0.4, 0.5) is 10.1 Å². The molecule has 3 aromatic rings. The molecular formula is C27H31FN4O. The van der Waals surface area contributed by atoms with Gasteiger partial charge >= 0.3 is 0 Å². The summed E-state index contributed by atoms with van der Waals surface area (Å²) in [6.07, 6.45) is 3.48. The SMILES string of the molecule is Cc1nc([C@@H]2CCCN(CCc3ccccc3)C2)nc(C)c1CC(=O)Nc1ccc(F)cc1. The largest absolute Gasteiger partial charge is 0.326 e. The second kappa shape index (κ2) is 10.7. The van der Waals surface area contributed by atoms with Crippen LogP contribution in [0.25, 0.3) is 0 Å². The molecule has 5 nitrogen and oxygen atoms in total. The van der Waals surface area contributed by atoms with Crippen molar-refractivity contribution in [3.05, 3.63) is 88.8 Å². The van der Waals surface area contributed by atoms with E-state index in [0.717, 1.165) is 61.7 Å². The highest BCUT2D eigenvalue weighted by molar-refractivity contribution is 5.92. The Labute approximate surface area is 195 Å². The summed E-state index contributed by atoms with van der Waals surface area (Å²) in [5, 5.41) is 2.82. The van der Waals surface area contributed by atoms with E-state index in [4.69, 9.17) is 9.97 Å². The zero-order valence-corrected chi connectivity index (χ0v) is 19.4. The van der Waals surface area contributed by atoms with Crippen LogP contribution in [0.2, 0.25) is 0 Å². The molecule has 1 atom stereocenters. The van der Waals surface area contributed by atoms with Crippen LogP contribution in [-0.4, -0.2) is 40.4 Å². The first-order valence-corrected chi connectivity index (χ1v) is 11.6. The summed E-state index contributed by atoms with van der Waals surface area (Å²) in [7, 11) is 0. The molecule has 1 aromatic heterocycles. The van der Waals surface area contributed by atoms with Crippen LogP contribution in [0.1, 0.15) is 47.1 Å². The molecule has 6 heteroatoms. The first-order chi connectivity index (χ1) is 16.0. The lowest BCUT2D eigenvalue weighted by molar-refractivity contribution is -0.115. The number of anilines is 1. The number of nitrogens with one attached hydrogen (secondary N) is 1. The molecule has 1 saturated heterocycles. The number of halogens is 1. The summed E-state index contributed by atoms with van der Waals surface area (Å²) in [5.74, 6) is 0.713. The van der Waals surface area contributed by atoms with Gasteiger partial charge in [0, 0.05) is 41.6 Å². The monoisotopic (exact) mass is 446 g/mol. The van der Waals surface area contributed by atoms with Crippen molar-refractivity contribution in [2.45, 2.75) is 45.4 Å². The van der Waals surface area contributed by atoms with Gasteiger partial charge in [-0.15, -0.1) is 0 Å². The van der Waals surface area contributed by atoms with E-state index in [1.807, 2.05) is 13.8 Å². The van der Waals surface area contributed by atoms with Gasteiger partial charge in [-0.05, 0) is 69.5 Å². The zero-order chi connectivity index (χ0) is 23.2. The number of hydrogen-bond donors (Lipinski definition) is 1. The fourth-order valence-electron chi connectivity index (χ4n) is 4.50. The quantitative estimate of drug-likeness (QED) is 0.564. The number of piperidine rings is 1. The average Bonchev–Trinajstić information content (AvgIpc) is 2.82. The minimum absolute atomic E-state index is 0.158. The summed E-state index contributed by atoms with van der Waals surface area (Å²) in [6, 6.07) is 16.4. The molecule has 0 unspecified atom stereocenters. The van der Waals surface area contributed by atoms with Crippen molar-refractivity contribution >= 4 is 11.6 Å². The molecule has 1 fully saturated rings. The third kappa shape index (κ3) is 6.23. The normalized spacial score (nSPS) is 16.5. The molecule has 2 heterocycles. The number of aromatic nitrogens is 2. The van der Waals surface area contributed by atoms with Crippen LogP contribution < -0.4 is 5.32 Å². The molecule has 172 valence electrons. The third-order valence-electron chi connectivity index (χ3n) is 6.33. The minimum Gasteiger partial charge on any atom is -0.326 e. The molecule has 1 N–H and O–H groups in total. The summed E-state index contributed by atoms with van der Waals surface area (Å²) >= 11 is 0. The number of likely N-dealkylation sites (tertiary alicyclic amines) is 1. The van der Waals surface area contributed by atoms with E-state index in [2.05, 4.69) is 40.5 Å². The predicted molar refractivity (Wildman–Crippen MR) is 129 cm³/mol. The molecule has 1 aliphatic heterocycles. The van der Waals surface area contributed by atoms with Crippen LogP contribution in [0, 0.1) is 19.7 Å². The molecule has 1 amide bonds. The van der Waals surface area contributed by atoms with Gasteiger partial charge in [0.15, 0.2) is 0 Å². The van der Waals surface area contributed by atoms with E-state index >= 15 is 0 Å². The Bertz CT molecular complexity index is 1060. The zero-order valence-electron chi connectivity index (χ0n) is 19.4. The van der Waals surface area contributed by atoms with Crippen LogP contribution in [-0.2, 0) is 17.6 Å². The van der Waals surface area contributed by atoms with Gasteiger partial charge in [-0.2, -0.15) is 0 Å². The Morgan fingerprint density at radius 2 is 1.76 bits per heavy atom. The predicted octanol–water partition coefficient (Wildman–Crippen LogP) is 4.84. The van der Waals surface area contributed by atoms with Gasteiger partial charge in [-0.3, -0.25) is 4.79 Å². The van der Waals surface area contributed by atoms with E-state index in [1.54, 1.807) is 12.1 Å². The van der Waals surface area contributed by atoms with Gasteiger partial charge in [0.25, 0.3) is 0 Å². The highest BCUT2D eigenvalue weighted by Gasteiger charge is 2.25. The van der Waals surface area contributed by atoms with E-state index in [0.29, 0.717) is 11.6 Å². The van der Waals surface area contributed by atoms with E-state index in [9.17, 15) is 9.18 Å². The van der Waals surface area contributed by atoms with Gasteiger partial charge < -0.3 is 10.2 Å². The van der Waals surface area contributed by atoms with E-state index < -0.39 is 0 Å². The molecule has 4 rings (SSSR count). The molecular weight excluding hydrogens is 415 g/mol. The number of hydrogen-bond acceptors (Lipinski definition) is 4. The lowest BCUT2D eigenvalue weighted by atomic mass is 9.96. The number of benzene rings is 2. The van der Waals surface area contributed by atoms with Crippen molar-refractivity contribution in [3.63, 3.8) is 0 Å². The summed E-state index contributed by atoms with van der Waals surface area (Å²) in [5.41, 5.74) is 4.51. The first kappa shape index (κ1) is 23.1. The number of amides is 1. The highest BCUT2D eigenvalue weighted by Crippen LogP contribution is 2.26. The molecule has 2 aromatic carbocycles. The van der Waals surface area contributed by atoms with E-state index in [-0.39, 0.29) is 18.1 Å². The number of carbonyl (C=O) groups is 1. The van der Waals surface area contributed by atoms with Crippen molar-refractivity contribution in [1.29, 1.82) is 0 Å². The van der Waals surface area contributed by atoms with Gasteiger partial charge in [0.2, 0.25) is 5.91 Å². The molecule has 0 radical (unpaired) electrons. The number of rotatable bonds is 7. The van der Waals surface area contributed by atoms with Crippen LogP contribution in [0.5, 0.6) is 0 Å². The Morgan fingerprint density at radius 1 is 1.06 bits per heavy atom. The second-order valence-electron chi connectivity index (χ2n) is 8.84. The maximum absolute atomic E-state index is 13.1. The maximum Gasteiger partial charge on any atom is 0.228 e. The van der Waals surface area contributed by atoms with Gasteiger partial charge in [0.05, 0.1) is 6.42 Å². The van der Waals surface area contributed by atoms with Crippen molar-refractivity contribution < 1.29 is 9.18 Å². The average molecular weight is 447 g/mol. The Balaban J connectivity index is 1.38. The minimum atomic E-state index is -0.329. The molecule has 33 heavy (non-hydrogen) atoms. The number of aryl methyl sites for hydroxylation is 2. The third-order valence-corrected chi connectivity index (χ3v) is 6.33. The Hall–Kier alpha value is -3.12. The highest BCUT2D eigenvalue weighted by atomic mass is 19.1. The summed E-state index contributed by atoms with van der Waals surface area (Å²) < 4.78 is 13.1. The second-order valence-corrected chi connectivity index (χ2v) is 8.84. The fourth-order valence-corrected chi connectivity index (χ4v) is 4.50. The van der Waals surface area contributed by atoms with Crippen molar-refractivity contribution in [1.82, 2.24) is 14.9 Å². The standard InChI is InChI=1S/C27H31FN4O/c1-19-25(17-26(33)31-24-12-10-23(28)11-13-24)20(2)30-27(29-19)22-9-6-15-32(18-22)16-14-21-7-4-3-5-8-21/h3-5,7-8,10-13,22H,6,9,14-18H2,1-2H3,(H,31,33)/t22-/m1/s1. The molecule has 1 aliphatic rings. The maximum atomic E-state index is 13.1. The molecule has 0 spiro atoms. The summed E-state index contributed by atoms with van der Waals surface area (Å²) in [4.78, 5) is 24.7. The van der Waals surface area contributed by atoms with Crippen molar-refractivity contribution in [2.75, 3.05) is 25.0 Å². The van der Waals surface area contributed by atoms with Crippen LogP contribution in [0.15, 0.2) is 54.6 Å². The smallest absolute Gasteiger partial charge is 0.228 e. The van der Waals surface area contributed by atoms with E-state index in [1.165, 1.54) is 17.7 Å². The van der Waals surface area contributed by atoms with Crippen molar-refractivity contribution in [2.24, 2.45) is 0 Å². The molecule has 0 bridgehead atoms. The number of carbonyl (C=O) groups excluding carboxylic acids is 1. The van der Waals surface area contributed by atoms with Gasteiger partial charge in [-0.25, -0.2) is 14.4 Å². The lowest BCUT2D eigenvalue weighted by Gasteiger charge is -2.32. The van der Waals surface area contributed by atoms with Gasteiger partial charge in [0.1, 0.15) is 11.6 Å². The van der Waals surface area contributed by atoms with Crippen LogP contribution in [0.3, 0.4) is 0 Å². The fraction of sp³-hybridized carbons (Fsp3) is 0.370. The Morgan fingerprint density at radius 3 is 2.45 bits per heavy atom. The summed E-state index contributed by atoms with van der Waals surface area (Å²) in [6.45, 7) is 7.03.